The Kier molecular flexibility index (Phi) is 4.50. The van der Waals surface area contributed by atoms with Gasteiger partial charge in [0, 0.05) is 25.7 Å². The van der Waals surface area contributed by atoms with Crippen molar-refractivity contribution in [1.82, 2.24) is 14.7 Å². The number of rotatable bonds is 4. The number of aryl methyl sites for hydroxylation is 1. The van der Waals surface area contributed by atoms with E-state index < -0.39 is 20.9 Å². The summed E-state index contributed by atoms with van der Waals surface area (Å²) in [5.74, 6) is -0.752. The number of halogens is 1. The molecule has 0 N–H and O–H groups in total. The molecule has 0 atom stereocenters. The van der Waals surface area contributed by atoms with Crippen molar-refractivity contribution >= 4 is 15.7 Å². The Morgan fingerprint density at radius 1 is 1.07 bits per heavy atom. The fourth-order valence-electron chi connectivity index (χ4n) is 3.20. The van der Waals surface area contributed by atoms with Gasteiger partial charge in [-0.25, -0.2) is 12.8 Å². The predicted octanol–water partition coefficient (Wildman–Crippen LogP) is 2.52. The lowest BCUT2D eigenvalue weighted by Gasteiger charge is -2.38. The van der Waals surface area contributed by atoms with Crippen LogP contribution in [0, 0.1) is 5.82 Å². The second-order valence-electron chi connectivity index (χ2n) is 6.74. The Morgan fingerprint density at radius 3 is 2.36 bits per heavy atom. The van der Waals surface area contributed by atoms with Gasteiger partial charge in [0.25, 0.3) is 5.91 Å². The number of benzene rings is 2. The van der Waals surface area contributed by atoms with Gasteiger partial charge in [-0.05, 0) is 30.3 Å². The number of hydrogen-bond acceptors (Lipinski definition) is 4. The standard InChI is InChI=1S/C20H18FN3O3S/c1-23-19(11-18(22-23)14-5-3-2-4-6-14)20(25)24-12-17(13-24)28(26,27)16-9-7-15(21)8-10-16/h2-11,17H,12-13H2,1H3. The van der Waals surface area contributed by atoms with Crippen LogP contribution in [0.2, 0.25) is 0 Å². The molecule has 0 saturated carbocycles. The van der Waals surface area contributed by atoms with Crippen molar-refractivity contribution in [1.29, 1.82) is 0 Å². The molecule has 0 aliphatic carbocycles. The molecule has 1 amide bonds. The zero-order chi connectivity index (χ0) is 19.9. The first-order chi connectivity index (χ1) is 13.4. The molecule has 1 aromatic heterocycles. The number of nitrogens with zero attached hydrogens (tertiary/aromatic N) is 3. The summed E-state index contributed by atoms with van der Waals surface area (Å²) in [6, 6.07) is 16.0. The minimum Gasteiger partial charge on any atom is -0.335 e. The van der Waals surface area contributed by atoms with E-state index in [0.717, 1.165) is 17.7 Å². The van der Waals surface area contributed by atoms with Gasteiger partial charge in [-0.3, -0.25) is 9.48 Å². The Bertz CT molecular complexity index is 1120. The maximum atomic E-state index is 13.0. The molecule has 144 valence electrons. The van der Waals surface area contributed by atoms with Crippen LogP contribution in [-0.2, 0) is 16.9 Å². The number of carbonyl (C=O) groups is 1. The van der Waals surface area contributed by atoms with Gasteiger partial charge in [0.2, 0.25) is 0 Å². The van der Waals surface area contributed by atoms with Crippen LogP contribution in [0.3, 0.4) is 0 Å². The topological polar surface area (TPSA) is 72.3 Å². The van der Waals surface area contributed by atoms with Crippen LogP contribution in [0.5, 0.6) is 0 Å². The van der Waals surface area contributed by atoms with E-state index in [-0.39, 0.29) is 23.9 Å². The first-order valence-corrected chi connectivity index (χ1v) is 10.3. The minimum atomic E-state index is -3.60. The molecule has 0 radical (unpaired) electrons. The molecule has 0 spiro atoms. The van der Waals surface area contributed by atoms with E-state index in [0.29, 0.717) is 11.4 Å². The molecule has 1 fully saturated rings. The molecule has 6 nitrogen and oxygen atoms in total. The van der Waals surface area contributed by atoms with Gasteiger partial charge in [-0.15, -0.1) is 0 Å². The van der Waals surface area contributed by atoms with Gasteiger partial charge in [-0.2, -0.15) is 5.10 Å². The van der Waals surface area contributed by atoms with Gasteiger partial charge >= 0.3 is 0 Å². The van der Waals surface area contributed by atoms with Crippen LogP contribution in [0.25, 0.3) is 11.3 Å². The number of carbonyl (C=O) groups excluding carboxylic acids is 1. The lowest BCUT2D eigenvalue weighted by atomic mass is 10.1. The molecule has 1 aliphatic heterocycles. The van der Waals surface area contributed by atoms with E-state index in [1.807, 2.05) is 30.3 Å². The van der Waals surface area contributed by atoms with Gasteiger partial charge in [0.15, 0.2) is 9.84 Å². The van der Waals surface area contributed by atoms with Crippen molar-refractivity contribution in [3.63, 3.8) is 0 Å². The molecule has 3 aromatic rings. The molecule has 28 heavy (non-hydrogen) atoms. The molecule has 2 aromatic carbocycles. The lowest BCUT2D eigenvalue weighted by molar-refractivity contribution is 0.0647. The fraction of sp³-hybridized carbons (Fsp3) is 0.200. The van der Waals surface area contributed by atoms with Crippen LogP contribution in [0.4, 0.5) is 4.39 Å². The maximum Gasteiger partial charge on any atom is 0.272 e. The third kappa shape index (κ3) is 3.20. The van der Waals surface area contributed by atoms with Gasteiger partial charge in [0.05, 0.1) is 10.6 Å². The highest BCUT2D eigenvalue weighted by atomic mass is 32.2. The Labute approximate surface area is 162 Å². The summed E-state index contributed by atoms with van der Waals surface area (Å²) < 4.78 is 39.8. The van der Waals surface area contributed by atoms with E-state index in [1.54, 1.807) is 13.1 Å². The molecule has 8 heteroatoms. The number of hydrogen-bond donors (Lipinski definition) is 0. The first-order valence-electron chi connectivity index (χ1n) is 8.74. The highest BCUT2D eigenvalue weighted by Crippen LogP contribution is 2.26. The Hall–Kier alpha value is -3.00. The SMILES string of the molecule is Cn1nc(-c2ccccc2)cc1C(=O)N1CC(S(=O)(=O)c2ccc(F)cc2)C1. The average molecular weight is 399 g/mol. The van der Waals surface area contributed by atoms with E-state index in [1.165, 1.54) is 21.7 Å². The van der Waals surface area contributed by atoms with E-state index in [9.17, 15) is 17.6 Å². The molecular weight excluding hydrogens is 381 g/mol. The molecule has 0 unspecified atom stereocenters. The average Bonchev–Trinajstić information content (AvgIpc) is 3.03. The highest BCUT2D eigenvalue weighted by Gasteiger charge is 2.41. The molecule has 1 aliphatic rings. The normalized spacial score (nSPS) is 14.7. The molecule has 4 rings (SSSR count). The molecule has 1 saturated heterocycles. The quantitative estimate of drug-likeness (QED) is 0.632. The maximum absolute atomic E-state index is 13.0. The van der Waals surface area contributed by atoms with Crippen molar-refractivity contribution in [2.24, 2.45) is 7.05 Å². The van der Waals surface area contributed by atoms with Gasteiger partial charge in [-0.1, -0.05) is 30.3 Å². The third-order valence-corrected chi connectivity index (χ3v) is 6.99. The van der Waals surface area contributed by atoms with Crippen LogP contribution < -0.4 is 0 Å². The van der Waals surface area contributed by atoms with Crippen molar-refractivity contribution in [3.05, 3.63) is 72.2 Å². The number of aromatic nitrogens is 2. The summed E-state index contributed by atoms with van der Waals surface area (Å²) in [5, 5.41) is 3.69. The first kappa shape index (κ1) is 18.4. The second-order valence-corrected chi connectivity index (χ2v) is 8.96. The van der Waals surface area contributed by atoms with E-state index in [4.69, 9.17) is 0 Å². The molecular formula is C20H18FN3O3S. The lowest BCUT2D eigenvalue weighted by Crippen LogP contribution is -2.57. The van der Waals surface area contributed by atoms with Crippen molar-refractivity contribution in [2.75, 3.05) is 13.1 Å². The summed E-state index contributed by atoms with van der Waals surface area (Å²) in [6.07, 6.45) is 0. The van der Waals surface area contributed by atoms with E-state index in [2.05, 4.69) is 5.10 Å². The zero-order valence-corrected chi connectivity index (χ0v) is 15.9. The van der Waals surface area contributed by atoms with Crippen LogP contribution in [0.1, 0.15) is 10.5 Å². The van der Waals surface area contributed by atoms with Gasteiger partial charge in [0.1, 0.15) is 16.8 Å². The zero-order valence-electron chi connectivity index (χ0n) is 15.1. The van der Waals surface area contributed by atoms with Crippen molar-refractivity contribution in [3.8, 4) is 11.3 Å². The number of sulfone groups is 1. The monoisotopic (exact) mass is 399 g/mol. The number of likely N-dealkylation sites (tertiary alicyclic amines) is 1. The van der Waals surface area contributed by atoms with Gasteiger partial charge < -0.3 is 4.90 Å². The second kappa shape index (κ2) is 6.87. The third-order valence-electron chi connectivity index (χ3n) is 4.88. The summed E-state index contributed by atoms with van der Waals surface area (Å²) in [7, 11) is -1.91. The molecule has 0 bridgehead atoms. The summed E-state index contributed by atoms with van der Waals surface area (Å²) >= 11 is 0. The van der Waals surface area contributed by atoms with Crippen molar-refractivity contribution < 1.29 is 17.6 Å². The predicted molar refractivity (Wildman–Crippen MR) is 102 cm³/mol. The summed E-state index contributed by atoms with van der Waals surface area (Å²) in [4.78, 5) is 14.3. The summed E-state index contributed by atoms with van der Waals surface area (Å²) in [6.45, 7) is 0.203. The van der Waals surface area contributed by atoms with Crippen LogP contribution in [-0.4, -0.2) is 47.3 Å². The smallest absolute Gasteiger partial charge is 0.272 e. The highest BCUT2D eigenvalue weighted by molar-refractivity contribution is 7.92. The Balaban J connectivity index is 1.48. The minimum absolute atomic E-state index is 0.0675. The van der Waals surface area contributed by atoms with Crippen LogP contribution >= 0.6 is 0 Å². The van der Waals surface area contributed by atoms with Crippen LogP contribution in [0.15, 0.2) is 65.6 Å². The van der Waals surface area contributed by atoms with Crippen molar-refractivity contribution in [2.45, 2.75) is 10.1 Å². The molecule has 2 heterocycles. The number of amides is 1. The van der Waals surface area contributed by atoms with E-state index >= 15 is 0 Å². The largest absolute Gasteiger partial charge is 0.335 e. The Morgan fingerprint density at radius 2 is 1.71 bits per heavy atom. The summed E-state index contributed by atoms with van der Waals surface area (Å²) in [5.41, 5.74) is 1.98. The fourth-order valence-corrected chi connectivity index (χ4v) is 4.85.